The number of halogens is 3. The Kier molecular flexibility index (Phi) is 6.60. The fourth-order valence-corrected chi connectivity index (χ4v) is 5.25. The number of benzene rings is 3. The van der Waals surface area contributed by atoms with Gasteiger partial charge in [-0.25, -0.2) is 0 Å². The van der Waals surface area contributed by atoms with Crippen LogP contribution in [0.15, 0.2) is 84.1 Å². The highest BCUT2D eigenvalue weighted by Crippen LogP contribution is 2.49. The number of para-hydroxylation sites is 2. The second kappa shape index (κ2) is 9.89. The van der Waals surface area contributed by atoms with Crippen molar-refractivity contribution in [1.82, 2.24) is 0 Å². The highest BCUT2D eigenvalue weighted by atomic mass is 19.4. The molecule has 0 saturated carbocycles. The molecule has 3 aromatic carbocycles. The van der Waals surface area contributed by atoms with Crippen molar-refractivity contribution in [2.24, 2.45) is 0 Å². The molecule has 1 N–H and O–H groups in total. The van der Waals surface area contributed by atoms with Crippen molar-refractivity contribution in [3.8, 4) is 11.5 Å². The first-order valence-corrected chi connectivity index (χ1v) is 12.0. The largest absolute Gasteiger partial charge is 0.493 e. The Morgan fingerprint density at radius 3 is 2.26 bits per heavy atom. The minimum Gasteiger partial charge on any atom is -0.493 e. The summed E-state index contributed by atoms with van der Waals surface area (Å²) in [5.41, 5.74) is 2.18. The summed E-state index contributed by atoms with van der Waals surface area (Å²) < 4.78 is 52.9. The molecule has 2 atom stereocenters. The van der Waals surface area contributed by atoms with E-state index in [1.165, 1.54) is 26.4 Å². The first kappa shape index (κ1) is 25.4. The first-order valence-electron chi connectivity index (χ1n) is 12.0. The number of hydrogen-bond acceptors (Lipinski definition) is 5. The maximum atomic E-state index is 14.1. The Balaban J connectivity index is 1.76. The number of carbonyl (C=O) groups excluding carboxylic acids is 2. The predicted octanol–water partition coefficient (Wildman–Crippen LogP) is 6.17. The molecule has 0 unspecified atom stereocenters. The van der Waals surface area contributed by atoms with Crippen molar-refractivity contribution in [3.05, 3.63) is 95.2 Å². The molecule has 196 valence electrons. The van der Waals surface area contributed by atoms with Gasteiger partial charge < -0.3 is 14.8 Å². The van der Waals surface area contributed by atoms with Crippen LogP contribution in [0.3, 0.4) is 0 Å². The number of nitrogens with zero attached hydrogens (tertiary/aromatic N) is 1. The Hall–Kier alpha value is -4.27. The number of ether oxygens (including phenoxy) is 2. The zero-order valence-corrected chi connectivity index (χ0v) is 20.7. The molecule has 0 bridgehead atoms. The average Bonchev–Trinajstić information content (AvgIpc) is 3.06. The summed E-state index contributed by atoms with van der Waals surface area (Å²) in [5, 5.41) is 3.22. The molecule has 0 radical (unpaired) electrons. The van der Waals surface area contributed by atoms with Crippen molar-refractivity contribution in [2.45, 2.75) is 31.0 Å². The number of ketones is 1. The van der Waals surface area contributed by atoms with Gasteiger partial charge in [0, 0.05) is 17.7 Å². The highest BCUT2D eigenvalue weighted by Gasteiger charge is 2.50. The predicted molar refractivity (Wildman–Crippen MR) is 136 cm³/mol. The van der Waals surface area contributed by atoms with Crippen LogP contribution in [-0.4, -0.2) is 32.1 Å². The molecule has 0 saturated heterocycles. The van der Waals surface area contributed by atoms with Crippen LogP contribution in [0.25, 0.3) is 0 Å². The van der Waals surface area contributed by atoms with Crippen LogP contribution in [0.5, 0.6) is 11.5 Å². The van der Waals surface area contributed by atoms with E-state index in [1.807, 2.05) is 30.3 Å². The molecule has 38 heavy (non-hydrogen) atoms. The quantitative estimate of drug-likeness (QED) is 0.444. The number of nitrogens with one attached hydrogen (secondary N) is 1. The molecule has 6 nitrogen and oxygen atoms in total. The summed E-state index contributed by atoms with van der Waals surface area (Å²) >= 11 is 0. The van der Waals surface area contributed by atoms with Crippen LogP contribution in [0.1, 0.15) is 35.9 Å². The van der Waals surface area contributed by atoms with Gasteiger partial charge in [0.05, 0.1) is 31.6 Å². The molecule has 0 fully saturated rings. The first-order chi connectivity index (χ1) is 18.2. The molecule has 1 heterocycles. The summed E-state index contributed by atoms with van der Waals surface area (Å²) in [6.45, 7) is 0. The topological polar surface area (TPSA) is 67.9 Å². The maximum Gasteiger partial charge on any atom is 0.471 e. The van der Waals surface area contributed by atoms with E-state index in [4.69, 9.17) is 9.47 Å². The third-order valence-corrected chi connectivity index (χ3v) is 6.94. The molecule has 0 aromatic heterocycles. The van der Waals surface area contributed by atoms with Gasteiger partial charge in [-0.3, -0.25) is 14.5 Å². The number of fused-ring (bicyclic) bond motifs is 1. The fourth-order valence-electron chi connectivity index (χ4n) is 5.25. The van der Waals surface area contributed by atoms with Gasteiger partial charge in [-0.05, 0) is 47.7 Å². The third kappa shape index (κ3) is 4.49. The van der Waals surface area contributed by atoms with E-state index >= 15 is 0 Å². The summed E-state index contributed by atoms with van der Waals surface area (Å²) in [7, 11) is 2.85. The number of rotatable bonds is 4. The summed E-state index contributed by atoms with van der Waals surface area (Å²) in [6.07, 6.45) is -4.70. The van der Waals surface area contributed by atoms with Crippen molar-refractivity contribution >= 4 is 23.1 Å². The molecule has 1 aliphatic carbocycles. The number of methoxy groups -OCH3 is 2. The second-order valence-corrected chi connectivity index (χ2v) is 9.16. The van der Waals surface area contributed by atoms with Gasteiger partial charge in [-0.15, -0.1) is 0 Å². The van der Waals surface area contributed by atoms with Crippen molar-refractivity contribution < 1.29 is 32.2 Å². The monoisotopic (exact) mass is 522 g/mol. The number of alkyl halides is 3. The van der Waals surface area contributed by atoms with Crippen molar-refractivity contribution in [3.63, 3.8) is 0 Å². The maximum absolute atomic E-state index is 14.1. The molecule has 0 spiro atoms. The lowest BCUT2D eigenvalue weighted by molar-refractivity contribution is -0.170. The Morgan fingerprint density at radius 2 is 1.58 bits per heavy atom. The van der Waals surface area contributed by atoms with Crippen LogP contribution in [-0.2, 0) is 9.59 Å². The van der Waals surface area contributed by atoms with Crippen LogP contribution in [0.4, 0.5) is 24.5 Å². The number of amides is 1. The van der Waals surface area contributed by atoms with E-state index in [1.54, 1.807) is 30.3 Å². The molecule has 9 heteroatoms. The number of Topliss-reactive ketones (excluding diaryl/α,β-unsaturated/α-hetero) is 1. The lowest BCUT2D eigenvalue weighted by Crippen LogP contribution is -2.45. The second-order valence-electron chi connectivity index (χ2n) is 9.16. The summed E-state index contributed by atoms with van der Waals surface area (Å²) in [4.78, 5) is 27.5. The van der Waals surface area contributed by atoms with Gasteiger partial charge in [0.15, 0.2) is 17.3 Å². The molecular formula is C29H25F3N2O4. The van der Waals surface area contributed by atoms with Crippen LogP contribution < -0.4 is 19.7 Å². The van der Waals surface area contributed by atoms with Gasteiger partial charge >= 0.3 is 12.1 Å². The smallest absolute Gasteiger partial charge is 0.471 e. The van der Waals surface area contributed by atoms with Crippen LogP contribution >= 0.6 is 0 Å². The lowest BCUT2D eigenvalue weighted by atomic mass is 9.78. The molecule has 1 amide bonds. The van der Waals surface area contributed by atoms with Crippen LogP contribution in [0, 0.1) is 0 Å². The van der Waals surface area contributed by atoms with E-state index in [9.17, 15) is 22.8 Å². The highest BCUT2D eigenvalue weighted by molar-refractivity contribution is 6.07. The fraction of sp³-hybridized carbons (Fsp3) is 0.241. The zero-order valence-electron chi connectivity index (χ0n) is 20.7. The summed E-state index contributed by atoms with van der Waals surface area (Å²) in [6, 6.07) is 19.0. The molecule has 3 aromatic rings. The van der Waals surface area contributed by atoms with Gasteiger partial charge in [0.2, 0.25) is 0 Å². The van der Waals surface area contributed by atoms with Gasteiger partial charge in [-0.1, -0.05) is 48.5 Å². The van der Waals surface area contributed by atoms with Gasteiger partial charge in [0.25, 0.3) is 0 Å². The third-order valence-electron chi connectivity index (χ3n) is 6.94. The molecule has 2 aliphatic rings. The Bertz CT molecular complexity index is 1420. The molecular weight excluding hydrogens is 497 g/mol. The van der Waals surface area contributed by atoms with Crippen LogP contribution in [0.2, 0.25) is 0 Å². The number of anilines is 2. The van der Waals surface area contributed by atoms with Gasteiger partial charge in [-0.2, -0.15) is 13.2 Å². The zero-order chi connectivity index (χ0) is 27.0. The Labute approximate surface area is 217 Å². The van der Waals surface area contributed by atoms with E-state index < -0.39 is 18.1 Å². The molecule has 5 rings (SSSR count). The van der Waals surface area contributed by atoms with Crippen molar-refractivity contribution in [1.29, 1.82) is 0 Å². The van der Waals surface area contributed by atoms with Gasteiger partial charge in [0.1, 0.15) is 0 Å². The SMILES string of the molecule is COc1ccc([C@H]2C3=C(C[C@@H](c4ccccc4)CC3=O)Nc3ccccc3N2C(=O)C(F)(F)F)cc1OC. The lowest BCUT2D eigenvalue weighted by Gasteiger charge is -2.35. The minimum absolute atomic E-state index is 0.0214. The number of allylic oxidation sites excluding steroid dienone is 1. The minimum atomic E-state index is -5.18. The van der Waals surface area contributed by atoms with E-state index in [0.29, 0.717) is 28.5 Å². The summed E-state index contributed by atoms with van der Waals surface area (Å²) in [5.74, 6) is -1.94. The van der Waals surface area contributed by atoms with Crippen molar-refractivity contribution in [2.75, 3.05) is 24.4 Å². The number of carbonyl (C=O) groups is 2. The van der Waals surface area contributed by atoms with E-state index in [-0.39, 0.29) is 40.7 Å². The number of hydrogen-bond donors (Lipinski definition) is 1. The van der Waals surface area contributed by atoms with E-state index in [0.717, 1.165) is 5.56 Å². The molecule has 1 aliphatic heterocycles. The van der Waals surface area contributed by atoms with E-state index in [2.05, 4.69) is 5.32 Å². The average molecular weight is 523 g/mol. The standard InChI is InChI=1S/C29H25F3N2O4/c1-37-24-13-12-18(16-25(24)38-2)27-26-21(14-19(15-23(26)35)17-8-4-3-5-9-17)33-20-10-6-7-11-22(20)34(27)28(36)29(30,31)32/h3-13,16,19,27,33H,14-15H2,1-2H3/t19-,27+/m1/s1. The normalized spacial score (nSPS) is 19.2. The Morgan fingerprint density at radius 1 is 0.895 bits per heavy atom.